The van der Waals surface area contributed by atoms with E-state index >= 15 is 0 Å². The number of amides is 3. The fourth-order valence-corrected chi connectivity index (χ4v) is 1.87. The highest BCUT2D eigenvalue weighted by Gasteiger charge is 2.21. The minimum atomic E-state index is -0.993. The molecule has 1 heterocycles. The highest BCUT2D eigenvalue weighted by molar-refractivity contribution is 5.98. The Labute approximate surface area is 126 Å². The molecular formula is C15H14N4O3. The highest BCUT2D eigenvalue weighted by Crippen LogP contribution is 2.12. The van der Waals surface area contributed by atoms with Gasteiger partial charge in [0.05, 0.1) is 0 Å². The van der Waals surface area contributed by atoms with Gasteiger partial charge >= 0.3 is 0 Å². The third kappa shape index (κ3) is 3.45. The molecule has 1 aromatic heterocycles. The van der Waals surface area contributed by atoms with Crippen molar-refractivity contribution in [3.63, 3.8) is 0 Å². The standard InChI is InChI=1S/C15H14N4O3/c16-13(20)10-7-4-8-11(18-10)15(22)19-12(14(17)21)9-5-2-1-3-6-9/h1-8,12H,(H2,16,20)(H2,17,21)(H,19,22). The van der Waals surface area contributed by atoms with Crippen molar-refractivity contribution in [2.45, 2.75) is 6.04 Å². The molecule has 0 bridgehead atoms. The van der Waals surface area contributed by atoms with Crippen molar-refractivity contribution in [3.05, 3.63) is 65.5 Å². The van der Waals surface area contributed by atoms with Gasteiger partial charge in [0, 0.05) is 0 Å². The second-order valence-corrected chi connectivity index (χ2v) is 4.49. The third-order valence-electron chi connectivity index (χ3n) is 2.93. The number of carbonyl (C=O) groups is 3. The second-order valence-electron chi connectivity index (χ2n) is 4.49. The Morgan fingerprint density at radius 1 is 0.909 bits per heavy atom. The van der Waals surface area contributed by atoms with E-state index in [1.165, 1.54) is 18.2 Å². The topological polar surface area (TPSA) is 128 Å². The van der Waals surface area contributed by atoms with Gasteiger partial charge in [-0.2, -0.15) is 0 Å². The molecule has 0 aliphatic heterocycles. The van der Waals surface area contributed by atoms with E-state index in [4.69, 9.17) is 11.5 Å². The van der Waals surface area contributed by atoms with Crippen LogP contribution < -0.4 is 16.8 Å². The van der Waals surface area contributed by atoms with Gasteiger partial charge in [0.15, 0.2) is 0 Å². The molecule has 0 saturated heterocycles. The lowest BCUT2D eigenvalue weighted by Crippen LogP contribution is -2.38. The maximum Gasteiger partial charge on any atom is 0.270 e. The first-order valence-electron chi connectivity index (χ1n) is 6.41. The van der Waals surface area contributed by atoms with Crippen LogP contribution in [0.4, 0.5) is 0 Å². The molecule has 7 heteroatoms. The van der Waals surface area contributed by atoms with Gasteiger partial charge in [0.25, 0.3) is 11.8 Å². The van der Waals surface area contributed by atoms with E-state index in [1.54, 1.807) is 30.3 Å². The molecule has 0 fully saturated rings. The number of nitrogens with two attached hydrogens (primary N) is 2. The summed E-state index contributed by atoms with van der Waals surface area (Å²) in [4.78, 5) is 38.7. The van der Waals surface area contributed by atoms with Crippen LogP contribution in [0.1, 0.15) is 32.6 Å². The number of hydrogen-bond acceptors (Lipinski definition) is 4. The van der Waals surface area contributed by atoms with Crippen LogP contribution in [0.5, 0.6) is 0 Å². The minimum absolute atomic E-state index is 0.0292. The Morgan fingerprint density at radius 3 is 2.14 bits per heavy atom. The summed E-state index contributed by atoms with van der Waals surface area (Å²) in [6.45, 7) is 0. The van der Waals surface area contributed by atoms with Gasteiger partial charge in [-0.3, -0.25) is 14.4 Å². The average molecular weight is 298 g/mol. The summed E-state index contributed by atoms with van der Waals surface area (Å²) in [5.41, 5.74) is 10.9. The summed E-state index contributed by atoms with van der Waals surface area (Å²) in [5, 5.41) is 2.49. The summed E-state index contributed by atoms with van der Waals surface area (Å²) in [7, 11) is 0. The first-order valence-corrected chi connectivity index (χ1v) is 6.41. The maximum atomic E-state index is 12.2. The van der Waals surface area contributed by atoms with E-state index < -0.39 is 23.8 Å². The molecule has 0 aliphatic rings. The lowest BCUT2D eigenvalue weighted by molar-refractivity contribution is -0.120. The lowest BCUT2D eigenvalue weighted by Gasteiger charge is -2.15. The minimum Gasteiger partial charge on any atom is -0.368 e. The molecule has 1 unspecified atom stereocenters. The predicted molar refractivity (Wildman–Crippen MR) is 78.6 cm³/mol. The number of nitrogens with zero attached hydrogens (tertiary/aromatic N) is 1. The molecule has 7 nitrogen and oxygen atoms in total. The highest BCUT2D eigenvalue weighted by atomic mass is 16.2. The Kier molecular flexibility index (Phi) is 4.47. The van der Waals surface area contributed by atoms with Gasteiger partial charge in [-0.15, -0.1) is 0 Å². The molecule has 2 aromatic rings. The number of carbonyl (C=O) groups excluding carboxylic acids is 3. The van der Waals surface area contributed by atoms with Crippen LogP contribution >= 0.6 is 0 Å². The molecule has 112 valence electrons. The van der Waals surface area contributed by atoms with Crippen molar-refractivity contribution in [1.29, 1.82) is 0 Å². The second kappa shape index (κ2) is 6.49. The van der Waals surface area contributed by atoms with Gasteiger partial charge in [-0.05, 0) is 17.7 Å². The van der Waals surface area contributed by atoms with Crippen LogP contribution in [0.3, 0.4) is 0 Å². The number of benzene rings is 1. The van der Waals surface area contributed by atoms with Crippen molar-refractivity contribution in [2.75, 3.05) is 0 Å². The van der Waals surface area contributed by atoms with Gasteiger partial charge in [-0.1, -0.05) is 36.4 Å². The summed E-state index contributed by atoms with van der Waals surface area (Å²) >= 11 is 0. The van der Waals surface area contributed by atoms with Crippen LogP contribution in [0, 0.1) is 0 Å². The van der Waals surface area contributed by atoms with Gasteiger partial charge < -0.3 is 16.8 Å². The van der Waals surface area contributed by atoms with E-state index in [2.05, 4.69) is 10.3 Å². The average Bonchev–Trinajstić information content (AvgIpc) is 2.53. The van der Waals surface area contributed by atoms with Gasteiger partial charge in [0.1, 0.15) is 17.4 Å². The molecule has 3 amide bonds. The van der Waals surface area contributed by atoms with Crippen molar-refractivity contribution in [2.24, 2.45) is 11.5 Å². The van der Waals surface area contributed by atoms with Gasteiger partial charge in [-0.25, -0.2) is 4.98 Å². The first kappa shape index (κ1) is 15.2. The number of rotatable bonds is 5. The van der Waals surface area contributed by atoms with Crippen molar-refractivity contribution >= 4 is 17.7 Å². The van der Waals surface area contributed by atoms with Crippen LogP contribution in [-0.4, -0.2) is 22.7 Å². The Bertz CT molecular complexity index is 716. The first-order chi connectivity index (χ1) is 10.5. The smallest absolute Gasteiger partial charge is 0.270 e. The normalized spacial score (nSPS) is 11.5. The Morgan fingerprint density at radius 2 is 1.55 bits per heavy atom. The molecule has 1 atom stereocenters. The zero-order valence-electron chi connectivity index (χ0n) is 11.5. The van der Waals surface area contributed by atoms with Crippen molar-refractivity contribution in [1.82, 2.24) is 10.3 Å². The number of aromatic nitrogens is 1. The van der Waals surface area contributed by atoms with E-state index in [0.717, 1.165) is 0 Å². The quantitative estimate of drug-likeness (QED) is 0.725. The van der Waals surface area contributed by atoms with E-state index in [-0.39, 0.29) is 11.4 Å². The Hall–Kier alpha value is -3.22. The SMILES string of the molecule is NC(=O)c1cccc(C(=O)NC(C(N)=O)c2ccccc2)n1. The van der Waals surface area contributed by atoms with Crippen LogP contribution in [0.2, 0.25) is 0 Å². The van der Waals surface area contributed by atoms with E-state index in [0.29, 0.717) is 5.56 Å². The zero-order valence-corrected chi connectivity index (χ0v) is 11.5. The number of pyridine rings is 1. The fraction of sp³-hybridized carbons (Fsp3) is 0.0667. The molecule has 0 spiro atoms. The zero-order chi connectivity index (χ0) is 16.1. The monoisotopic (exact) mass is 298 g/mol. The predicted octanol–water partition coefficient (Wildman–Crippen LogP) is 0.137. The summed E-state index contributed by atoms with van der Waals surface area (Å²) in [6, 6.07) is 11.9. The van der Waals surface area contributed by atoms with Gasteiger partial charge in [0.2, 0.25) is 5.91 Å². The lowest BCUT2D eigenvalue weighted by atomic mass is 10.1. The van der Waals surface area contributed by atoms with Crippen molar-refractivity contribution in [3.8, 4) is 0 Å². The van der Waals surface area contributed by atoms with E-state index in [9.17, 15) is 14.4 Å². The number of nitrogens with one attached hydrogen (secondary N) is 1. The molecule has 5 N–H and O–H groups in total. The van der Waals surface area contributed by atoms with Crippen LogP contribution in [0.25, 0.3) is 0 Å². The fourth-order valence-electron chi connectivity index (χ4n) is 1.87. The largest absolute Gasteiger partial charge is 0.368 e. The summed E-state index contributed by atoms with van der Waals surface area (Å²) in [5.74, 6) is -2.08. The molecule has 0 saturated carbocycles. The molecular weight excluding hydrogens is 284 g/mol. The summed E-state index contributed by atoms with van der Waals surface area (Å²) in [6.07, 6.45) is 0. The van der Waals surface area contributed by atoms with Crippen LogP contribution in [0.15, 0.2) is 48.5 Å². The molecule has 22 heavy (non-hydrogen) atoms. The maximum absolute atomic E-state index is 12.2. The third-order valence-corrected chi connectivity index (χ3v) is 2.93. The van der Waals surface area contributed by atoms with E-state index in [1.807, 2.05) is 0 Å². The number of primary amides is 2. The van der Waals surface area contributed by atoms with Crippen LogP contribution in [-0.2, 0) is 4.79 Å². The molecule has 1 aromatic carbocycles. The molecule has 0 radical (unpaired) electrons. The molecule has 0 aliphatic carbocycles. The Balaban J connectivity index is 2.24. The van der Waals surface area contributed by atoms with Crippen molar-refractivity contribution < 1.29 is 14.4 Å². The summed E-state index contributed by atoms with van der Waals surface area (Å²) < 4.78 is 0. The molecule has 2 rings (SSSR count). The number of hydrogen-bond donors (Lipinski definition) is 3.